The topological polar surface area (TPSA) is 80.1 Å². The highest BCUT2D eigenvalue weighted by molar-refractivity contribution is 5.94. The van der Waals surface area contributed by atoms with E-state index in [1.165, 1.54) is 0 Å². The first-order valence-corrected chi connectivity index (χ1v) is 8.97. The van der Waals surface area contributed by atoms with Gasteiger partial charge in [0.1, 0.15) is 0 Å². The Bertz CT molecular complexity index is 851. The van der Waals surface area contributed by atoms with Gasteiger partial charge in [-0.3, -0.25) is 19.3 Å². The lowest BCUT2D eigenvalue weighted by atomic mass is 9.75. The zero-order valence-corrected chi connectivity index (χ0v) is 15.1. The molecule has 2 fully saturated rings. The number of carbonyl (C=O) groups excluding carboxylic acids is 2. The highest BCUT2D eigenvalue weighted by Crippen LogP contribution is 2.43. The van der Waals surface area contributed by atoms with Crippen LogP contribution in [0.15, 0.2) is 30.9 Å². The Morgan fingerprint density at radius 1 is 1.27 bits per heavy atom. The Hall–Kier alpha value is -2.70. The average Bonchev–Trinajstić information content (AvgIpc) is 3.18. The number of piperidine rings is 1. The molecule has 4 heterocycles. The summed E-state index contributed by atoms with van der Waals surface area (Å²) in [6, 6.07) is 1.87. The van der Waals surface area contributed by atoms with Gasteiger partial charge in [-0.05, 0) is 37.0 Å². The maximum Gasteiger partial charge on any atom is 0.255 e. The van der Waals surface area contributed by atoms with E-state index >= 15 is 0 Å². The molecule has 0 bridgehead atoms. The minimum atomic E-state index is -0.276. The van der Waals surface area contributed by atoms with E-state index in [2.05, 4.69) is 15.4 Å². The van der Waals surface area contributed by atoms with Crippen molar-refractivity contribution in [2.45, 2.75) is 37.6 Å². The van der Waals surface area contributed by atoms with E-state index in [1.54, 1.807) is 17.1 Å². The van der Waals surface area contributed by atoms with Gasteiger partial charge in [-0.1, -0.05) is 0 Å². The number of nitrogens with zero attached hydrogens (tertiary/aromatic N) is 4. The van der Waals surface area contributed by atoms with Crippen LogP contribution in [0.25, 0.3) is 0 Å². The summed E-state index contributed by atoms with van der Waals surface area (Å²) in [6.07, 6.45) is 9.20. The molecule has 2 aliphatic heterocycles. The predicted molar refractivity (Wildman–Crippen MR) is 95.6 cm³/mol. The molecule has 26 heavy (non-hydrogen) atoms. The standard InChI is InChI=1S/C19H23N5O2/c1-13-7-14(10-20-9-13)18(26)24-5-3-19(4-6-24)16(8-17(25)22-19)15-11-21-23(2)12-15/h7,9-12,16H,3-6,8H2,1-2H3,(H,22,25). The van der Waals surface area contributed by atoms with Gasteiger partial charge in [-0.2, -0.15) is 5.10 Å². The molecule has 0 radical (unpaired) electrons. The van der Waals surface area contributed by atoms with Crippen molar-refractivity contribution in [1.29, 1.82) is 0 Å². The molecule has 1 N–H and O–H groups in total. The van der Waals surface area contributed by atoms with Gasteiger partial charge in [0.2, 0.25) is 5.91 Å². The zero-order chi connectivity index (χ0) is 18.3. The van der Waals surface area contributed by atoms with Gasteiger partial charge in [0.05, 0.1) is 17.3 Å². The number of amides is 2. The van der Waals surface area contributed by atoms with E-state index in [0.717, 1.165) is 24.0 Å². The molecule has 1 spiro atoms. The number of aromatic nitrogens is 3. The van der Waals surface area contributed by atoms with Crippen molar-refractivity contribution in [3.63, 3.8) is 0 Å². The second-order valence-corrected chi connectivity index (χ2v) is 7.45. The van der Waals surface area contributed by atoms with Crippen LogP contribution in [0.5, 0.6) is 0 Å². The van der Waals surface area contributed by atoms with Crippen LogP contribution in [0, 0.1) is 6.92 Å². The molecule has 4 rings (SSSR count). The minimum Gasteiger partial charge on any atom is -0.350 e. The molecule has 1 atom stereocenters. The van der Waals surface area contributed by atoms with Crippen molar-refractivity contribution in [2.75, 3.05) is 13.1 Å². The zero-order valence-electron chi connectivity index (χ0n) is 15.1. The number of hydrogen-bond acceptors (Lipinski definition) is 4. The van der Waals surface area contributed by atoms with Gasteiger partial charge in [0.15, 0.2) is 0 Å². The highest BCUT2D eigenvalue weighted by Gasteiger charge is 2.49. The van der Waals surface area contributed by atoms with Crippen molar-refractivity contribution in [2.24, 2.45) is 7.05 Å². The summed E-state index contributed by atoms with van der Waals surface area (Å²) in [5, 5.41) is 7.47. The lowest BCUT2D eigenvalue weighted by molar-refractivity contribution is -0.120. The summed E-state index contributed by atoms with van der Waals surface area (Å²) in [6.45, 7) is 3.19. The fourth-order valence-corrected chi connectivity index (χ4v) is 4.29. The van der Waals surface area contributed by atoms with Crippen LogP contribution < -0.4 is 5.32 Å². The Labute approximate surface area is 152 Å². The number of pyridine rings is 1. The van der Waals surface area contributed by atoms with Gasteiger partial charge >= 0.3 is 0 Å². The number of carbonyl (C=O) groups is 2. The Morgan fingerprint density at radius 3 is 2.69 bits per heavy atom. The quantitative estimate of drug-likeness (QED) is 0.885. The molecule has 2 aromatic rings. The SMILES string of the molecule is Cc1cncc(C(=O)N2CCC3(CC2)NC(=O)CC3c2cnn(C)c2)c1. The summed E-state index contributed by atoms with van der Waals surface area (Å²) in [7, 11) is 1.89. The molecule has 1 unspecified atom stereocenters. The van der Waals surface area contributed by atoms with Crippen molar-refractivity contribution >= 4 is 11.8 Å². The summed E-state index contributed by atoms with van der Waals surface area (Å²) in [5.41, 5.74) is 2.42. The summed E-state index contributed by atoms with van der Waals surface area (Å²) in [5.74, 6) is 0.210. The minimum absolute atomic E-state index is 0.0123. The number of likely N-dealkylation sites (tertiary alicyclic amines) is 1. The molecular formula is C19H23N5O2. The van der Waals surface area contributed by atoms with Crippen molar-refractivity contribution < 1.29 is 9.59 Å². The largest absolute Gasteiger partial charge is 0.350 e. The first-order chi connectivity index (χ1) is 12.5. The fraction of sp³-hybridized carbons (Fsp3) is 0.474. The number of aryl methyl sites for hydroxylation is 2. The lowest BCUT2D eigenvalue weighted by Crippen LogP contribution is -2.54. The molecule has 2 amide bonds. The van der Waals surface area contributed by atoms with E-state index in [0.29, 0.717) is 25.1 Å². The fourth-order valence-electron chi connectivity index (χ4n) is 4.29. The van der Waals surface area contributed by atoms with E-state index in [4.69, 9.17) is 0 Å². The number of hydrogen-bond donors (Lipinski definition) is 1. The third-order valence-corrected chi connectivity index (χ3v) is 5.64. The third kappa shape index (κ3) is 2.87. The first-order valence-electron chi connectivity index (χ1n) is 8.97. The van der Waals surface area contributed by atoms with E-state index < -0.39 is 0 Å². The Balaban J connectivity index is 1.51. The monoisotopic (exact) mass is 353 g/mol. The predicted octanol–water partition coefficient (Wildman–Crippen LogP) is 1.40. The maximum absolute atomic E-state index is 12.8. The molecule has 0 aliphatic carbocycles. The highest BCUT2D eigenvalue weighted by atomic mass is 16.2. The molecule has 2 aromatic heterocycles. The van der Waals surface area contributed by atoms with Crippen molar-refractivity contribution in [3.8, 4) is 0 Å². The molecule has 2 aliphatic rings. The summed E-state index contributed by atoms with van der Waals surface area (Å²) in [4.78, 5) is 30.9. The normalized spacial score (nSPS) is 21.8. The lowest BCUT2D eigenvalue weighted by Gasteiger charge is -2.42. The molecular weight excluding hydrogens is 330 g/mol. The van der Waals surface area contributed by atoms with Crippen LogP contribution in [0.2, 0.25) is 0 Å². The van der Waals surface area contributed by atoms with Crippen molar-refractivity contribution in [1.82, 2.24) is 25.0 Å². The third-order valence-electron chi connectivity index (χ3n) is 5.64. The van der Waals surface area contributed by atoms with Crippen LogP contribution in [-0.2, 0) is 11.8 Å². The van der Waals surface area contributed by atoms with Crippen molar-refractivity contribution in [3.05, 3.63) is 47.5 Å². The molecule has 7 heteroatoms. The Morgan fingerprint density at radius 2 is 2.04 bits per heavy atom. The molecule has 0 aromatic carbocycles. The van der Waals surface area contributed by atoms with Gasteiger partial charge in [-0.25, -0.2) is 0 Å². The van der Waals surface area contributed by atoms with Gasteiger partial charge < -0.3 is 10.2 Å². The molecule has 136 valence electrons. The van der Waals surface area contributed by atoms with Crippen LogP contribution >= 0.6 is 0 Å². The second-order valence-electron chi connectivity index (χ2n) is 7.45. The van der Waals surface area contributed by atoms with Crippen LogP contribution in [0.4, 0.5) is 0 Å². The van der Waals surface area contributed by atoms with Gasteiger partial charge in [0.25, 0.3) is 5.91 Å². The Kier molecular flexibility index (Phi) is 4.01. The smallest absolute Gasteiger partial charge is 0.255 e. The van der Waals surface area contributed by atoms with Crippen LogP contribution in [-0.4, -0.2) is 50.1 Å². The van der Waals surface area contributed by atoms with Gasteiger partial charge in [-0.15, -0.1) is 0 Å². The van der Waals surface area contributed by atoms with E-state index in [-0.39, 0.29) is 23.3 Å². The first kappa shape index (κ1) is 16.8. The number of nitrogens with one attached hydrogen (secondary N) is 1. The van der Waals surface area contributed by atoms with Crippen LogP contribution in [0.3, 0.4) is 0 Å². The van der Waals surface area contributed by atoms with E-state index in [9.17, 15) is 9.59 Å². The summed E-state index contributed by atoms with van der Waals surface area (Å²) < 4.78 is 1.77. The van der Waals surface area contributed by atoms with Gasteiger partial charge in [0, 0.05) is 51.1 Å². The average molecular weight is 353 g/mol. The molecule has 7 nitrogen and oxygen atoms in total. The van der Waals surface area contributed by atoms with Crippen LogP contribution in [0.1, 0.15) is 46.7 Å². The molecule has 2 saturated heterocycles. The second kappa shape index (κ2) is 6.23. The number of rotatable bonds is 2. The summed E-state index contributed by atoms with van der Waals surface area (Å²) >= 11 is 0. The molecule has 0 saturated carbocycles. The van der Waals surface area contributed by atoms with E-state index in [1.807, 2.05) is 37.3 Å². The maximum atomic E-state index is 12.8.